The first-order valence-corrected chi connectivity index (χ1v) is 8.45. The number of halogens is 2. The summed E-state index contributed by atoms with van der Waals surface area (Å²) in [7, 11) is 0. The summed E-state index contributed by atoms with van der Waals surface area (Å²) in [5.41, 5.74) is 2.48. The molecule has 0 radical (unpaired) electrons. The van der Waals surface area contributed by atoms with Crippen molar-refractivity contribution in [2.24, 2.45) is 0 Å². The van der Waals surface area contributed by atoms with Gasteiger partial charge in [0.2, 0.25) is 0 Å². The quantitative estimate of drug-likeness (QED) is 0.918. The molecule has 0 aromatic carbocycles. The molecule has 0 bridgehead atoms. The maximum absolute atomic E-state index is 12.3. The molecule has 7 heteroatoms. The molecule has 2 aromatic rings. The minimum atomic E-state index is -0.0323. The fourth-order valence-electron chi connectivity index (χ4n) is 2.84. The van der Waals surface area contributed by atoms with Crippen molar-refractivity contribution in [2.45, 2.75) is 39.3 Å². The highest BCUT2D eigenvalue weighted by Crippen LogP contribution is 2.26. The van der Waals surface area contributed by atoms with Crippen LogP contribution >= 0.6 is 23.2 Å². The normalized spacial score (nSPS) is 14.7. The SMILES string of the molecule is CCCc1nc2c(c(=O)[nH]1)CN(Cc1c(Cl)cncc1Cl)CC2. The molecule has 122 valence electrons. The maximum atomic E-state index is 12.3. The topological polar surface area (TPSA) is 61.9 Å². The van der Waals surface area contributed by atoms with Crippen molar-refractivity contribution < 1.29 is 0 Å². The van der Waals surface area contributed by atoms with Crippen LogP contribution in [0, 0.1) is 0 Å². The van der Waals surface area contributed by atoms with Crippen LogP contribution in [0.15, 0.2) is 17.2 Å². The van der Waals surface area contributed by atoms with Crippen molar-refractivity contribution in [2.75, 3.05) is 6.54 Å². The van der Waals surface area contributed by atoms with E-state index in [2.05, 4.69) is 26.8 Å². The van der Waals surface area contributed by atoms with Crippen molar-refractivity contribution in [3.63, 3.8) is 0 Å². The lowest BCUT2D eigenvalue weighted by atomic mass is 10.1. The van der Waals surface area contributed by atoms with Gasteiger partial charge in [0, 0.05) is 50.4 Å². The van der Waals surface area contributed by atoms with Crippen LogP contribution in [-0.2, 0) is 25.9 Å². The third kappa shape index (κ3) is 3.57. The second kappa shape index (κ2) is 6.99. The zero-order valence-electron chi connectivity index (χ0n) is 12.9. The van der Waals surface area contributed by atoms with E-state index in [1.165, 1.54) is 0 Å². The van der Waals surface area contributed by atoms with E-state index in [4.69, 9.17) is 23.2 Å². The van der Waals surface area contributed by atoms with Crippen molar-refractivity contribution in [3.8, 4) is 0 Å². The molecule has 0 spiro atoms. The average Bonchev–Trinajstić information content (AvgIpc) is 2.52. The van der Waals surface area contributed by atoms with Gasteiger partial charge >= 0.3 is 0 Å². The zero-order chi connectivity index (χ0) is 16.4. The molecule has 0 fully saturated rings. The molecule has 1 N–H and O–H groups in total. The van der Waals surface area contributed by atoms with Gasteiger partial charge in [-0.25, -0.2) is 4.98 Å². The first-order chi connectivity index (χ1) is 11.1. The molecule has 0 atom stereocenters. The van der Waals surface area contributed by atoms with Crippen LogP contribution < -0.4 is 5.56 Å². The Balaban J connectivity index is 1.82. The average molecular weight is 353 g/mol. The fraction of sp³-hybridized carbons (Fsp3) is 0.438. The highest BCUT2D eigenvalue weighted by molar-refractivity contribution is 6.35. The van der Waals surface area contributed by atoms with Crippen LogP contribution in [0.1, 0.15) is 36.0 Å². The molecule has 3 rings (SSSR count). The second-order valence-corrected chi connectivity index (χ2v) is 6.54. The van der Waals surface area contributed by atoms with Gasteiger partial charge in [-0.2, -0.15) is 0 Å². The summed E-state index contributed by atoms with van der Waals surface area (Å²) >= 11 is 12.4. The summed E-state index contributed by atoms with van der Waals surface area (Å²) in [5, 5.41) is 1.10. The number of hydrogen-bond donors (Lipinski definition) is 1. The number of H-pyrrole nitrogens is 1. The van der Waals surface area contributed by atoms with E-state index in [0.717, 1.165) is 48.5 Å². The van der Waals surface area contributed by atoms with Gasteiger partial charge in [0.05, 0.1) is 21.3 Å². The first kappa shape index (κ1) is 16.4. The van der Waals surface area contributed by atoms with E-state index in [0.29, 0.717) is 23.1 Å². The Labute approximate surface area is 144 Å². The molecule has 1 aliphatic rings. The van der Waals surface area contributed by atoms with Gasteiger partial charge in [-0.15, -0.1) is 0 Å². The predicted molar refractivity (Wildman–Crippen MR) is 90.9 cm³/mol. The Bertz CT molecular complexity index is 755. The molecule has 0 aliphatic carbocycles. The van der Waals surface area contributed by atoms with Crippen LogP contribution in [0.2, 0.25) is 10.0 Å². The van der Waals surface area contributed by atoms with E-state index in [9.17, 15) is 4.79 Å². The number of aryl methyl sites for hydroxylation is 1. The van der Waals surface area contributed by atoms with Crippen molar-refractivity contribution in [3.05, 3.63) is 55.4 Å². The Morgan fingerprint density at radius 2 is 2.04 bits per heavy atom. The van der Waals surface area contributed by atoms with Crippen molar-refractivity contribution in [1.29, 1.82) is 0 Å². The number of fused-ring (bicyclic) bond motifs is 1. The third-order valence-electron chi connectivity index (χ3n) is 4.02. The van der Waals surface area contributed by atoms with Crippen molar-refractivity contribution in [1.82, 2.24) is 19.9 Å². The van der Waals surface area contributed by atoms with E-state index >= 15 is 0 Å². The predicted octanol–water partition coefficient (Wildman–Crippen LogP) is 2.98. The summed E-state index contributed by atoms with van der Waals surface area (Å²) < 4.78 is 0. The van der Waals surface area contributed by atoms with Gasteiger partial charge in [-0.3, -0.25) is 14.7 Å². The lowest BCUT2D eigenvalue weighted by Crippen LogP contribution is -2.36. The summed E-state index contributed by atoms with van der Waals surface area (Å²) in [5.74, 6) is 0.782. The van der Waals surface area contributed by atoms with E-state index in [1.807, 2.05) is 0 Å². The molecular formula is C16H18Cl2N4O. The van der Waals surface area contributed by atoms with Crippen LogP contribution in [0.5, 0.6) is 0 Å². The number of nitrogens with zero attached hydrogens (tertiary/aromatic N) is 3. The Morgan fingerprint density at radius 3 is 2.74 bits per heavy atom. The standard InChI is InChI=1S/C16H18Cl2N4O/c1-2-3-15-20-14-4-5-22(9-11(14)16(23)21-15)8-10-12(17)6-19-7-13(10)18/h6-7H,2-5,8-9H2,1H3,(H,20,21,23). The molecule has 2 aromatic heterocycles. The minimum Gasteiger partial charge on any atom is -0.310 e. The van der Waals surface area contributed by atoms with Gasteiger partial charge in [-0.1, -0.05) is 30.1 Å². The summed E-state index contributed by atoms with van der Waals surface area (Å²) in [4.78, 5) is 25.9. The van der Waals surface area contributed by atoms with Crippen LogP contribution in [-0.4, -0.2) is 26.4 Å². The zero-order valence-corrected chi connectivity index (χ0v) is 14.4. The van der Waals surface area contributed by atoms with Crippen LogP contribution in [0.25, 0.3) is 0 Å². The highest BCUT2D eigenvalue weighted by Gasteiger charge is 2.22. The van der Waals surface area contributed by atoms with Gasteiger partial charge in [0.1, 0.15) is 5.82 Å². The smallest absolute Gasteiger partial charge is 0.255 e. The van der Waals surface area contributed by atoms with Crippen LogP contribution in [0.4, 0.5) is 0 Å². The number of hydrogen-bond acceptors (Lipinski definition) is 4. The van der Waals surface area contributed by atoms with E-state index in [-0.39, 0.29) is 5.56 Å². The molecule has 0 saturated heterocycles. The van der Waals surface area contributed by atoms with Crippen molar-refractivity contribution >= 4 is 23.2 Å². The molecule has 23 heavy (non-hydrogen) atoms. The number of aromatic amines is 1. The summed E-state index contributed by atoms with van der Waals surface area (Å²) in [6.45, 7) is 4.04. The Morgan fingerprint density at radius 1 is 1.30 bits per heavy atom. The second-order valence-electron chi connectivity index (χ2n) is 5.73. The Hall–Kier alpha value is -1.43. The largest absolute Gasteiger partial charge is 0.310 e. The molecular weight excluding hydrogens is 335 g/mol. The maximum Gasteiger partial charge on any atom is 0.255 e. The van der Waals surface area contributed by atoms with E-state index in [1.54, 1.807) is 12.4 Å². The van der Waals surface area contributed by atoms with E-state index < -0.39 is 0 Å². The fourth-order valence-corrected chi connectivity index (χ4v) is 3.32. The first-order valence-electron chi connectivity index (χ1n) is 7.69. The number of pyridine rings is 1. The third-order valence-corrected chi connectivity index (χ3v) is 4.67. The van der Waals surface area contributed by atoms with Gasteiger partial charge in [0.25, 0.3) is 5.56 Å². The van der Waals surface area contributed by atoms with Gasteiger partial charge in [-0.05, 0) is 6.42 Å². The number of rotatable bonds is 4. The minimum absolute atomic E-state index is 0.0323. The summed E-state index contributed by atoms with van der Waals surface area (Å²) in [6.07, 6.45) is 5.70. The lowest BCUT2D eigenvalue weighted by molar-refractivity contribution is 0.241. The molecule has 0 saturated carbocycles. The molecule has 1 aliphatic heterocycles. The molecule has 0 unspecified atom stereocenters. The van der Waals surface area contributed by atoms with Gasteiger partial charge in [0.15, 0.2) is 0 Å². The Kier molecular flexibility index (Phi) is 4.99. The molecule has 3 heterocycles. The van der Waals surface area contributed by atoms with Gasteiger partial charge < -0.3 is 4.98 Å². The summed E-state index contributed by atoms with van der Waals surface area (Å²) in [6, 6.07) is 0. The monoisotopic (exact) mass is 352 g/mol. The lowest BCUT2D eigenvalue weighted by Gasteiger charge is -2.28. The number of aromatic nitrogens is 3. The van der Waals surface area contributed by atoms with Crippen LogP contribution in [0.3, 0.4) is 0 Å². The number of nitrogens with one attached hydrogen (secondary N) is 1. The molecule has 0 amide bonds. The highest BCUT2D eigenvalue weighted by atomic mass is 35.5. The molecule has 5 nitrogen and oxygen atoms in total.